The molecule has 0 radical (unpaired) electrons. The van der Waals surface area contributed by atoms with Crippen LogP contribution in [0.25, 0.3) is 0 Å². The van der Waals surface area contributed by atoms with Crippen molar-refractivity contribution in [1.82, 2.24) is 0 Å². The second kappa shape index (κ2) is 19.0. The molecule has 7 heteroatoms. The molecule has 0 aromatic heterocycles. The predicted molar refractivity (Wildman–Crippen MR) is 53.6 cm³/mol. The maximum atomic E-state index is 5.16. The second-order valence-corrected chi connectivity index (χ2v) is 2.97. The van der Waals surface area contributed by atoms with Crippen LogP contribution in [0.5, 0.6) is 0 Å². The van der Waals surface area contributed by atoms with Crippen molar-refractivity contribution < 1.29 is 22.5 Å². The van der Waals surface area contributed by atoms with Crippen LogP contribution in [0.1, 0.15) is 0 Å². The van der Waals surface area contributed by atoms with E-state index in [1.807, 2.05) is 0 Å². The summed E-state index contributed by atoms with van der Waals surface area (Å²) < 4.78 is 19.9. The third-order valence-corrected chi connectivity index (χ3v) is 1.94. The first-order chi connectivity index (χ1) is 5.41. The van der Waals surface area contributed by atoms with E-state index in [9.17, 15) is 0 Å². The monoisotopic (exact) mass is 220 g/mol. The zero-order valence-electron chi connectivity index (χ0n) is 7.67. The molecule has 0 aliphatic carbocycles. The molecule has 0 fully saturated rings. The third kappa shape index (κ3) is 19.7. The van der Waals surface area contributed by atoms with Crippen LogP contribution in [-0.2, 0) is 17.1 Å². The van der Waals surface area contributed by atoms with Gasteiger partial charge in [-0.3, -0.25) is 0 Å². The first-order valence-electron chi connectivity index (χ1n) is 3.55. The van der Waals surface area contributed by atoms with E-state index in [2.05, 4.69) is 0 Å². The molecule has 13 heavy (non-hydrogen) atoms. The molecule has 0 unspecified atom stereocenters. The molecule has 0 saturated carbocycles. The first kappa shape index (κ1) is 19.8. The molecule has 0 amide bonds. The van der Waals surface area contributed by atoms with Crippen LogP contribution in [0.2, 0.25) is 0 Å². The van der Waals surface area contributed by atoms with Crippen LogP contribution >= 0.6 is 0 Å². The molecule has 0 aliphatic rings. The summed E-state index contributed by atoms with van der Waals surface area (Å²) in [5.74, 6) is 0. The van der Waals surface area contributed by atoms with Gasteiger partial charge in [-0.05, 0) is 0 Å². The van der Waals surface area contributed by atoms with Gasteiger partial charge in [-0.15, -0.1) is 0 Å². The second-order valence-electron chi connectivity index (χ2n) is 1.92. The van der Waals surface area contributed by atoms with Crippen molar-refractivity contribution in [3.63, 3.8) is 0 Å². The molecule has 0 rings (SSSR count). The van der Waals surface area contributed by atoms with Gasteiger partial charge in [0.1, 0.15) is 0 Å². The number of ether oxygens (including phenoxy) is 2. The zero-order valence-corrected chi connectivity index (χ0v) is 9.08. The molecule has 76 valence electrons. The fourth-order valence-corrected chi connectivity index (χ4v) is 1.05. The van der Waals surface area contributed by atoms with Crippen molar-refractivity contribution in [3.05, 3.63) is 0 Å². The number of hydrogen-bond acceptors (Lipinski definition) is 4. The van der Waals surface area contributed by atoms with E-state index >= 15 is 0 Å². The molecule has 0 heterocycles. The summed E-state index contributed by atoms with van der Waals surface area (Å²) >= 11 is -0.789. The molecule has 0 bridgehead atoms. The van der Waals surface area contributed by atoms with Gasteiger partial charge in [-0.2, -0.15) is 0 Å². The molecule has 0 spiro atoms. The molecule has 5 nitrogen and oxygen atoms in total. The van der Waals surface area contributed by atoms with Crippen molar-refractivity contribution in [1.29, 1.82) is 0 Å². The molecule has 0 saturated heterocycles. The SMILES string of the molecule is COCC[O][AlH][O]CCOC.O.[NaH]. The van der Waals surface area contributed by atoms with Crippen molar-refractivity contribution in [3.8, 4) is 0 Å². The van der Waals surface area contributed by atoms with Gasteiger partial charge in [0.15, 0.2) is 0 Å². The van der Waals surface area contributed by atoms with Gasteiger partial charge >= 0.3 is 45.4 Å². The van der Waals surface area contributed by atoms with Gasteiger partial charge < -0.3 is 22.5 Å². The summed E-state index contributed by atoms with van der Waals surface area (Å²) in [5.41, 5.74) is 0. The normalized spacial score (nSPS) is 8.46. The zero-order chi connectivity index (χ0) is 8.36. The Morgan fingerprint density at radius 1 is 0.846 bits per heavy atom. The van der Waals surface area contributed by atoms with Crippen molar-refractivity contribution in [2.75, 3.05) is 40.6 Å². The van der Waals surface area contributed by atoms with E-state index < -0.39 is 15.9 Å². The van der Waals surface area contributed by atoms with Gasteiger partial charge in [0.25, 0.3) is 0 Å². The van der Waals surface area contributed by atoms with Crippen LogP contribution < -0.4 is 0 Å². The summed E-state index contributed by atoms with van der Waals surface area (Å²) in [6.45, 7) is 2.55. The van der Waals surface area contributed by atoms with Crippen LogP contribution in [0.3, 0.4) is 0 Å². The summed E-state index contributed by atoms with van der Waals surface area (Å²) in [6, 6.07) is 0. The fourth-order valence-electron chi connectivity index (χ4n) is 0.461. The van der Waals surface area contributed by atoms with Gasteiger partial charge in [0, 0.05) is 27.4 Å². The Labute approximate surface area is 108 Å². The Morgan fingerprint density at radius 3 is 1.54 bits per heavy atom. The molecule has 0 atom stereocenters. The van der Waals surface area contributed by atoms with Crippen molar-refractivity contribution in [2.45, 2.75) is 0 Å². The Morgan fingerprint density at radius 2 is 1.23 bits per heavy atom. The number of hydrogen-bond donors (Lipinski definition) is 0. The molecular formula is C6H18AlNaO5. The molecule has 0 aromatic rings. The quantitative estimate of drug-likeness (QED) is 0.354. The average Bonchev–Trinajstić information content (AvgIpc) is 2.03. The van der Waals surface area contributed by atoms with Gasteiger partial charge in [0.05, 0.1) is 13.2 Å². The number of rotatable bonds is 8. The topological polar surface area (TPSA) is 68.4 Å². The van der Waals surface area contributed by atoms with Crippen LogP contribution in [-0.4, -0.2) is 91.6 Å². The van der Waals surface area contributed by atoms with Crippen LogP contribution in [0.4, 0.5) is 0 Å². The summed E-state index contributed by atoms with van der Waals surface area (Å²) in [7, 11) is 3.30. The minimum atomic E-state index is -0.789. The van der Waals surface area contributed by atoms with Crippen LogP contribution in [0, 0.1) is 0 Å². The average molecular weight is 220 g/mol. The van der Waals surface area contributed by atoms with E-state index in [1.54, 1.807) is 14.2 Å². The maximum absolute atomic E-state index is 5.16. The number of methoxy groups -OCH3 is 2. The van der Waals surface area contributed by atoms with Crippen molar-refractivity contribution >= 4 is 45.4 Å². The Balaban J connectivity index is -0.000000500. The summed E-state index contributed by atoms with van der Waals surface area (Å²) in [6.07, 6.45) is 0. The Bertz CT molecular complexity index is 70.0. The van der Waals surface area contributed by atoms with Gasteiger partial charge in [0.2, 0.25) is 0 Å². The van der Waals surface area contributed by atoms with Gasteiger partial charge in [-0.25, -0.2) is 0 Å². The molecular weight excluding hydrogens is 202 g/mol. The first-order valence-corrected chi connectivity index (χ1v) is 4.70. The molecule has 2 N–H and O–H groups in total. The third-order valence-electron chi connectivity index (χ3n) is 1.03. The minimum absolute atomic E-state index is 0. The predicted octanol–water partition coefficient (Wildman–Crippen LogP) is -1.89. The Hall–Kier alpha value is 1.33. The van der Waals surface area contributed by atoms with Crippen molar-refractivity contribution in [2.24, 2.45) is 0 Å². The Kier molecular flexibility index (Phi) is 29.0. The van der Waals surface area contributed by atoms with Gasteiger partial charge in [-0.1, -0.05) is 0 Å². The molecule has 0 aliphatic heterocycles. The van der Waals surface area contributed by atoms with E-state index in [4.69, 9.17) is 17.1 Å². The van der Waals surface area contributed by atoms with Crippen LogP contribution in [0.15, 0.2) is 0 Å². The summed E-state index contributed by atoms with van der Waals surface area (Å²) in [5, 5.41) is 0. The fraction of sp³-hybridized carbons (Fsp3) is 1.00. The van der Waals surface area contributed by atoms with E-state index in [0.717, 1.165) is 0 Å². The van der Waals surface area contributed by atoms with E-state index in [1.165, 1.54) is 0 Å². The standard InChI is InChI=1S/2C3H7O2.Al.Na.H2O.2H/c2*1-5-3-2-4;;;;;/h2*2-3H2,1H3;;;1H2;;/q2*-1;+2;;;;. The summed E-state index contributed by atoms with van der Waals surface area (Å²) in [4.78, 5) is 0. The van der Waals surface area contributed by atoms with E-state index in [0.29, 0.717) is 26.4 Å². The van der Waals surface area contributed by atoms with E-state index in [-0.39, 0.29) is 35.0 Å². The molecule has 0 aromatic carbocycles.